The van der Waals surface area contributed by atoms with Gasteiger partial charge in [-0.2, -0.15) is 4.98 Å². The molecule has 2 heterocycles. The number of carbonyl (C=O) groups is 1. The first-order valence-corrected chi connectivity index (χ1v) is 9.49. The lowest BCUT2D eigenvalue weighted by molar-refractivity contribution is -0.130. The van der Waals surface area contributed by atoms with E-state index in [9.17, 15) is 4.79 Å². The quantitative estimate of drug-likeness (QED) is 0.737. The van der Waals surface area contributed by atoms with E-state index in [0.717, 1.165) is 16.7 Å². The van der Waals surface area contributed by atoms with Gasteiger partial charge in [0.25, 0.3) is 0 Å². The second-order valence-electron chi connectivity index (χ2n) is 7.07. The van der Waals surface area contributed by atoms with Gasteiger partial charge < -0.3 is 14.6 Å². The Morgan fingerprint density at radius 1 is 1.07 bits per heavy atom. The molecule has 1 aliphatic heterocycles. The fourth-order valence-corrected chi connectivity index (χ4v) is 3.71. The number of benzene rings is 2. The summed E-state index contributed by atoms with van der Waals surface area (Å²) in [5.41, 5.74) is 2.43. The molecule has 6 heteroatoms. The molecule has 0 saturated carbocycles. The highest BCUT2D eigenvalue weighted by atomic mass is 16.5. The Kier molecular flexibility index (Phi) is 5.21. The van der Waals surface area contributed by atoms with Crippen molar-refractivity contribution in [1.29, 1.82) is 0 Å². The number of amides is 1. The molecule has 0 bridgehead atoms. The van der Waals surface area contributed by atoms with Gasteiger partial charge in [-0.05, 0) is 30.9 Å². The van der Waals surface area contributed by atoms with Gasteiger partial charge in [-0.15, -0.1) is 0 Å². The maximum absolute atomic E-state index is 13.2. The van der Waals surface area contributed by atoms with Gasteiger partial charge in [0.05, 0.1) is 12.0 Å². The fourth-order valence-electron chi connectivity index (χ4n) is 3.71. The van der Waals surface area contributed by atoms with Crippen molar-refractivity contribution >= 4 is 5.91 Å². The molecule has 144 valence electrons. The molecule has 1 saturated heterocycles. The Hall–Kier alpha value is -2.99. The standard InChI is InChI=1S/C22H23N3O3/c1-16-7-5-6-10-18(16)20-24-19(28-25-20)15-23-21(26)22(11-13-27-14-12-22)17-8-3-2-4-9-17/h2-10H,11-15H2,1H3,(H,23,26). The first-order chi connectivity index (χ1) is 13.7. The highest BCUT2D eigenvalue weighted by Crippen LogP contribution is 2.35. The summed E-state index contributed by atoms with van der Waals surface area (Å²) in [4.78, 5) is 17.6. The molecule has 0 spiro atoms. The van der Waals surface area contributed by atoms with Crippen LogP contribution < -0.4 is 5.32 Å². The number of nitrogens with one attached hydrogen (secondary N) is 1. The average Bonchev–Trinajstić information content (AvgIpc) is 3.22. The Morgan fingerprint density at radius 3 is 2.54 bits per heavy atom. The molecule has 0 atom stereocenters. The van der Waals surface area contributed by atoms with Crippen molar-refractivity contribution in [2.24, 2.45) is 0 Å². The number of aryl methyl sites for hydroxylation is 1. The first kappa shape index (κ1) is 18.4. The highest BCUT2D eigenvalue weighted by Gasteiger charge is 2.41. The third kappa shape index (κ3) is 3.55. The lowest BCUT2D eigenvalue weighted by Gasteiger charge is -2.36. The minimum atomic E-state index is -0.585. The number of hydrogen-bond acceptors (Lipinski definition) is 5. The third-order valence-electron chi connectivity index (χ3n) is 5.36. The summed E-state index contributed by atoms with van der Waals surface area (Å²) in [5.74, 6) is 0.894. The largest absolute Gasteiger partial charge is 0.381 e. The zero-order valence-electron chi connectivity index (χ0n) is 15.9. The summed E-state index contributed by atoms with van der Waals surface area (Å²) in [7, 11) is 0. The highest BCUT2D eigenvalue weighted by molar-refractivity contribution is 5.88. The van der Waals surface area contributed by atoms with Gasteiger partial charge in [-0.25, -0.2) is 0 Å². The molecule has 1 aromatic heterocycles. The van der Waals surface area contributed by atoms with Crippen molar-refractivity contribution < 1.29 is 14.1 Å². The topological polar surface area (TPSA) is 77.2 Å². The SMILES string of the molecule is Cc1ccccc1-c1noc(CNC(=O)C2(c3ccccc3)CCOCC2)n1. The first-order valence-electron chi connectivity index (χ1n) is 9.49. The van der Waals surface area contributed by atoms with E-state index in [4.69, 9.17) is 9.26 Å². The summed E-state index contributed by atoms with van der Waals surface area (Å²) in [6.45, 7) is 3.34. The Bertz CT molecular complexity index is 946. The predicted molar refractivity (Wildman–Crippen MR) is 104 cm³/mol. The maximum atomic E-state index is 13.2. The van der Waals surface area contributed by atoms with Crippen LogP contribution in [0.25, 0.3) is 11.4 Å². The van der Waals surface area contributed by atoms with E-state index in [-0.39, 0.29) is 12.5 Å². The third-order valence-corrected chi connectivity index (χ3v) is 5.36. The number of aromatic nitrogens is 2. The fraction of sp³-hybridized carbons (Fsp3) is 0.318. The van der Waals surface area contributed by atoms with Crippen LogP contribution in [0.4, 0.5) is 0 Å². The van der Waals surface area contributed by atoms with Crippen LogP contribution in [0.2, 0.25) is 0 Å². The van der Waals surface area contributed by atoms with Gasteiger partial charge in [0.1, 0.15) is 0 Å². The van der Waals surface area contributed by atoms with Crippen LogP contribution in [0, 0.1) is 6.92 Å². The van der Waals surface area contributed by atoms with Crippen LogP contribution in [-0.2, 0) is 21.5 Å². The van der Waals surface area contributed by atoms with Crippen molar-refractivity contribution in [1.82, 2.24) is 15.5 Å². The summed E-state index contributed by atoms with van der Waals surface area (Å²) in [6.07, 6.45) is 1.31. The van der Waals surface area contributed by atoms with Gasteiger partial charge in [0.2, 0.25) is 17.6 Å². The molecule has 1 amide bonds. The summed E-state index contributed by atoms with van der Waals surface area (Å²) in [6, 6.07) is 17.8. The molecule has 28 heavy (non-hydrogen) atoms. The summed E-state index contributed by atoms with van der Waals surface area (Å²) >= 11 is 0. The van der Waals surface area contributed by atoms with Crippen LogP contribution >= 0.6 is 0 Å². The molecule has 0 aliphatic carbocycles. The molecular weight excluding hydrogens is 354 g/mol. The zero-order valence-corrected chi connectivity index (χ0v) is 15.9. The molecule has 0 unspecified atom stereocenters. The van der Waals surface area contributed by atoms with Crippen LogP contribution in [-0.4, -0.2) is 29.3 Å². The van der Waals surface area contributed by atoms with E-state index < -0.39 is 5.41 Å². The number of carbonyl (C=O) groups excluding carboxylic acids is 1. The molecule has 0 radical (unpaired) electrons. The van der Waals surface area contributed by atoms with Gasteiger partial charge in [0, 0.05) is 18.8 Å². The van der Waals surface area contributed by atoms with Crippen molar-refractivity contribution in [3.8, 4) is 11.4 Å². The molecule has 1 N–H and O–H groups in total. The minimum Gasteiger partial charge on any atom is -0.381 e. The second-order valence-corrected chi connectivity index (χ2v) is 7.07. The number of ether oxygens (including phenoxy) is 1. The molecule has 1 fully saturated rings. The van der Waals surface area contributed by atoms with E-state index >= 15 is 0 Å². The lowest BCUT2D eigenvalue weighted by Crippen LogP contribution is -2.47. The smallest absolute Gasteiger partial charge is 0.246 e. The van der Waals surface area contributed by atoms with Gasteiger partial charge >= 0.3 is 0 Å². The van der Waals surface area contributed by atoms with Crippen molar-refractivity contribution in [2.75, 3.05) is 13.2 Å². The molecule has 6 nitrogen and oxygen atoms in total. The predicted octanol–water partition coefficient (Wildman–Crippen LogP) is 3.41. The van der Waals surface area contributed by atoms with Crippen molar-refractivity contribution in [3.63, 3.8) is 0 Å². The van der Waals surface area contributed by atoms with Crippen LogP contribution in [0.5, 0.6) is 0 Å². The normalized spacial score (nSPS) is 15.9. The summed E-state index contributed by atoms with van der Waals surface area (Å²) < 4.78 is 10.9. The Labute approximate surface area is 163 Å². The number of rotatable bonds is 5. The van der Waals surface area contributed by atoms with Gasteiger partial charge in [-0.1, -0.05) is 59.8 Å². The molecule has 4 rings (SSSR count). The minimum absolute atomic E-state index is 0.0300. The lowest BCUT2D eigenvalue weighted by atomic mass is 9.73. The van der Waals surface area contributed by atoms with E-state index in [1.165, 1.54) is 0 Å². The monoisotopic (exact) mass is 377 g/mol. The Morgan fingerprint density at radius 2 is 1.79 bits per heavy atom. The summed E-state index contributed by atoms with van der Waals surface area (Å²) in [5, 5.41) is 7.05. The van der Waals surface area contributed by atoms with Crippen LogP contribution in [0.1, 0.15) is 29.9 Å². The maximum Gasteiger partial charge on any atom is 0.246 e. The van der Waals surface area contributed by atoms with Crippen molar-refractivity contribution in [2.45, 2.75) is 31.7 Å². The van der Waals surface area contributed by atoms with Gasteiger partial charge in [0.15, 0.2) is 0 Å². The van der Waals surface area contributed by atoms with Crippen LogP contribution in [0.15, 0.2) is 59.1 Å². The van der Waals surface area contributed by atoms with E-state index in [2.05, 4.69) is 15.5 Å². The number of nitrogens with zero attached hydrogens (tertiary/aromatic N) is 2. The molecule has 1 aliphatic rings. The average molecular weight is 377 g/mol. The second kappa shape index (κ2) is 7.94. The zero-order chi connectivity index (χ0) is 19.4. The van der Waals surface area contributed by atoms with Crippen molar-refractivity contribution in [3.05, 3.63) is 71.6 Å². The van der Waals surface area contributed by atoms with Gasteiger partial charge in [-0.3, -0.25) is 4.79 Å². The number of hydrogen-bond donors (Lipinski definition) is 1. The van der Waals surface area contributed by atoms with E-state index in [1.807, 2.05) is 61.5 Å². The van der Waals surface area contributed by atoms with E-state index in [1.54, 1.807) is 0 Å². The Balaban J connectivity index is 1.50. The molecule has 2 aromatic carbocycles. The molecular formula is C22H23N3O3. The molecule has 3 aromatic rings. The van der Waals surface area contributed by atoms with E-state index in [0.29, 0.717) is 37.8 Å². The van der Waals surface area contributed by atoms with Crippen LogP contribution in [0.3, 0.4) is 0 Å².